The van der Waals surface area contributed by atoms with Gasteiger partial charge in [-0.3, -0.25) is 4.79 Å². The van der Waals surface area contributed by atoms with Gasteiger partial charge in [0.05, 0.1) is 0 Å². The van der Waals surface area contributed by atoms with Crippen LogP contribution in [0.5, 0.6) is 0 Å². The van der Waals surface area contributed by atoms with Gasteiger partial charge in [0.15, 0.2) is 0 Å². The molecule has 0 heterocycles. The number of benzene rings is 2. The van der Waals surface area contributed by atoms with Crippen LogP contribution in [0.4, 0.5) is 5.69 Å². The number of halogens is 1. The summed E-state index contributed by atoms with van der Waals surface area (Å²) in [5.74, 6) is 5.12. The average molecular weight is 300 g/mol. The quantitative estimate of drug-likeness (QED) is 0.836. The van der Waals surface area contributed by atoms with E-state index in [9.17, 15) is 4.79 Å². The fourth-order valence-electron chi connectivity index (χ4n) is 1.72. The summed E-state index contributed by atoms with van der Waals surface area (Å²) in [4.78, 5) is 12.1. The van der Waals surface area contributed by atoms with Gasteiger partial charge in [-0.2, -0.15) is 0 Å². The Balaban J connectivity index is 2.11. The summed E-state index contributed by atoms with van der Waals surface area (Å²) in [7, 11) is 0. The van der Waals surface area contributed by atoms with Crippen molar-refractivity contribution in [1.82, 2.24) is 0 Å². The topological polar surface area (TPSA) is 49.3 Å². The first kappa shape index (κ1) is 15.1. The van der Waals surface area contributed by atoms with Crippen LogP contribution in [0.3, 0.4) is 0 Å². The van der Waals surface area contributed by atoms with Crippen LogP contribution in [0.15, 0.2) is 42.5 Å². The van der Waals surface area contributed by atoms with Crippen molar-refractivity contribution in [3.63, 3.8) is 0 Å². The third-order valence-corrected chi connectivity index (χ3v) is 3.30. The monoisotopic (exact) mass is 299 g/mol. The molecule has 0 radical (unpaired) electrons. The lowest BCUT2D eigenvalue weighted by Gasteiger charge is -2.07. The maximum Gasteiger partial charge on any atom is 0.255 e. The minimum absolute atomic E-state index is 0.184. The minimum Gasteiger partial charge on any atom is -0.384 e. The zero-order valence-electron chi connectivity index (χ0n) is 11.5. The summed E-state index contributed by atoms with van der Waals surface area (Å²) >= 11 is 6.03. The highest BCUT2D eigenvalue weighted by Crippen LogP contribution is 2.20. The van der Waals surface area contributed by atoms with Gasteiger partial charge in [-0.05, 0) is 48.9 Å². The first-order chi connectivity index (χ1) is 10.1. The van der Waals surface area contributed by atoms with E-state index in [0.717, 1.165) is 11.1 Å². The second-order valence-corrected chi connectivity index (χ2v) is 4.86. The first-order valence-electron chi connectivity index (χ1n) is 6.37. The third-order valence-electron chi connectivity index (χ3n) is 2.89. The van der Waals surface area contributed by atoms with Crippen molar-refractivity contribution in [3.05, 3.63) is 64.2 Å². The number of hydrogen-bond donors (Lipinski definition) is 2. The molecule has 0 aliphatic rings. The Hall–Kier alpha value is -2.28. The highest BCUT2D eigenvalue weighted by Gasteiger charge is 2.06. The molecule has 3 nitrogen and oxygen atoms in total. The number of aliphatic hydroxyl groups is 1. The smallest absolute Gasteiger partial charge is 0.255 e. The molecular weight excluding hydrogens is 286 g/mol. The fourth-order valence-corrected chi connectivity index (χ4v) is 1.90. The number of carbonyl (C=O) groups excluding carboxylic acids is 1. The molecule has 0 unspecified atom stereocenters. The van der Waals surface area contributed by atoms with Crippen molar-refractivity contribution in [2.24, 2.45) is 0 Å². The van der Waals surface area contributed by atoms with E-state index in [2.05, 4.69) is 17.2 Å². The predicted molar refractivity (Wildman–Crippen MR) is 84.5 cm³/mol. The van der Waals surface area contributed by atoms with Gasteiger partial charge in [0.2, 0.25) is 0 Å². The molecule has 0 saturated heterocycles. The van der Waals surface area contributed by atoms with Crippen molar-refractivity contribution < 1.29 is 9.90 Å². The van der Waals surface area contributed by atoms with Gasteiger partial charge >= 0.3 is 0 Å². The summed E-state index contributed by atoms with van der Waals surface area (Å²) < 4.78 is 0. The van der Waals surface area contributed by atoms with Crippen LogP contribution in [-0.2, 0) is 0 Å². The molecule has 2 aromatic rings. The van der Waals surface area contributed by atoms with E-state index in [-0.39, 0.29) is 12.5 Å². The van der Waals surface area contributed by atoms with E-state index in [4.69, 9.17) is 16.7 Å². The molecule has 0 saturated carbocycles. The molecule has 0 spiro atoms. The molecule has 0 fully saturated rings. The molecule has 2 aromatic carbocycles. The van der Waals surface area contributed by atoms with Crippen LogP contribution in [0, 0.1) is 18.8 Å². The molecule has 0 bridgehead atoms. The van der Waals surface area contributed by atoms with Crippen molar-refractivity contribution in [3.8, 4) is 11.8 Å². The van der Waals surface area contributed by atoms with Gasteiger partial charge in [-0.1, -0.05) is 29.5 Å². The Kier molecular flexibility index (Phi) is 4.99. The lowest BCUT2D eigenvalue weighted by molar-refractivity contribution is 0.102. The number of nitrogens with one attached hydrogen (secondary N) is 1. The first-order valence-corrected chi connectivity index (χ1v) is 6.75. The molecule has 0 aliphatic carbocycles. The molecule has 1 amide bonds. The molecule has 2 N–H and O–H groups in total. The Labute approximate surface area is 128 Å². The summed E-state index contributed by atoms with van der Waals surface area (Å²) in [5, 5.41) is 12.0. The van der Waals surface area contributed by atoms with Gasteiger partial charge < -0.3 is 10.4 Å². The van der Waals surface area contributed by atoms with E-state index < -0.39 is 0 Å². The number of rotatable bonds is 2. The average Bonchev–Trinajstić information content (AvgIpc) is 2.49. The third kappa shape index (κ3) is 4.09. The van der Waals surface area contributed by atoms with Crippen LogP contribution in [-0.4, -0.2) is 17.6 Å². The second kappa shape index (κ2) is 6.94. The maximum atomic E-state index is 12.1. The summed E-state index contributed by atoms with van der Waals surface area (Å²) in [5.41, 5.74) is 2.89. The molecule has 0 atom stereocenters. The molecule has 0 aliphatic heterocycles. The number of carbonyl (C=O) groups is 1. The lowest BCUT2D eigenvalue weighted by Crippen LogP contribution is -2.11. The normalized spacial score (nSPS) is 9.67. The molecule has 0 aromatic heterocycles. The van der Waals surface area contributed by atoms with E-state index in [0.29, 0.717) is 16.3 Å². The summed E-state index contributed by atoms with van der Waals surface area (Å²) in [6, 6.07) is 12.2. The number of anilines is 1. The molecule has 106 valence electrons. The second-order valence-electron chi connectivity index (χ2n) is 4.46. The van der Waals surface area contributed by atoms with Gasteiger partial charge in [0.25, 0.3) is 5.91 Å². The number of aliphatic hydroxyl groups excluding tert-OH is 1. The molecular formula is C17H14ClNO2. The minimum atomic E-state index is -0.211. The number of aryl methyl sites for hydroxylation is 1. The van der Waals surface area contributed by atoms with E-state index in [1.54, 1.807) is 36.4 Å². The van der Waals surface area contributed by atoms with E-state index >= 15 is 0 Å². The molecule has 4 heteroatoms. The Morgan fingerprint density at radius 3 is 2.57 bits per heavy atom. The van der Waals surface area contributed by atoms with Crippen molar-refractivity contribution >= 4 is 23.2 Å². The summed E-state index contributed by atoms with van der Waals surface area (Å²) in [6.07, 6.45) is 0. The van der Waals surface area contributed by atoms with E-state index in [1.807, 2.05) is 13.0 Å². The van der Waals surface area contributed by atoms with Gasteiger partial charge in [-0.25, -0.2) is 0 Å². The predicted octanol–water partition coefficient (Wildman–Crippen LogP) is 3.24. The number of amides is 1. The van der Waals surface area contributed by atoms with Crippen LogP contribution >= 0.6 is 11.6 Å². The lowest BCUT2D eigenvalue weighted by atomic mass is 10.1. The van der Waals surface area contributed by atoms with Gasteiger partial charge in [0.1, 0.15) is 6.61 Å². The van der Waals surface area contributed by atoms with Crippen LogP contribution in [0.25, 0.3) is 0 Å². The fraction of sp³-hybridized carbons (Fsp3) is 0.118. The Morgan fingerprint density at radius 1 is 1.24 bits per heavy atom. The highest BCUT2D eigenvalue weighted by atomic mass is 35.5. The maximum absolute atomic E-state index is 12.1. The highest BCUT2D eigenvalue weighted by molar-refractivity contribution is 6.31. The Morgan fingerprint density at radius 2 is 1.95 bits per heavy atom. The SMILES string of the molecule is Cc1ccc(NC(=O)c2ccc(C#CCO)cc2)cc1Cl. The molecule has 21 heavy (non-hydrogen) atoms. The molecule has 2 rings (SSSR count). The van der Waals surface area contributed by atoms with Crippen LogP contribution in [0.1, 0.15) is 21.5 Å². The summed E-state index contributed by atoms with van der Waals surface area (Å²) in [6.45, 7) is 1.72. The van der Waals surface area contributed by atoms with E-state index in [1.165, 1.54) is 0 Å². The van der Waals surface area contributed by atoms with Crippen molar-refractivity contribution in [1.29, 1.82) is 0 Å². The number of hydrogen-bond acceptors (Lipinski definition) is 2. The zero-order valence-corrected chi connectivity index (χ0v) is 12.2. The Bertz CT molecular complexity index is 712. The van der Waals surface area contributed by atoms with Crippen molar-refractivity contribution in [2.75, 3.05) is 11.9 Å². The largest absolute Gasteiger partial charge is 0.384 e. The van der Waals surface area contributed by atoms with Crippen molar-refractivity contribution in [2.45, 2.75) is 6.92 Å². The van der Waals surface area contributed by atoms with Gasteiger partial charge in [0, 0.05) is 21.8 Å². The zero-order chi connectivity index (χ0) is 15.2. The van der Waals surface area contributed by atoms with Crippen LogP contribution in [0.2, 0.25) is 5.02 Å². The van der Waals surface area contributed by atoms with Crippen LogP contribution < -0.4 is 5.32 Å². The van der Waals surface area contributed by atoms with Gasteiger partial charge in [-0.15, -0.1) is 0 Å². The standard InChI is InChI=1S/C17H14ClNO2/c1-12-4-9-15(11-16(12)18)19-17(21)14-7-5-13(6-8-14)3-2-10-20/h4-9,11,20H,10H2,1H3,(H,19,21).